The van der Waals surface area contributed by atoms with Gasteiger partial charge in [-0.05, 0) is 46.3 Å². The molecule has 2 saturated heterocycles. The predicted octanol–water partition coefficient (Wildman–Crippen LogP) is 3.51. The fourth-order valence-corrected chi connectivity index (χ4v) is 5.04. The highest BCUT2D eigenvalue weighted by Gasteiger charge is 2.43. The van der Waals surface area contributed by atoms with Crippen molar-refractivity contribution in [3.05, 3.63) is 63.6 Å². The number of nitrogens with one attached hydrogen (secondary N) is 1. The van der Waals surface area contributed by atoms with Crippen molar-refractivity contribution in [3.8, 4) is 11.4 Å². The molecule has 2 amide bonds. The number of hydrogen-bond acceptors (Lipinski definition) is 6. The minimum atomic E-state index is -0.365. The third kappa shape index (κ3) is 4.65. The number of carbonyl (C=O) groups excluding carboxylic acids is 2. The number of benzene rings is 2. The Morgan fingerprint density at radius 2 is 1.61 bits per heavy atom. The van der Waals surface area contributed by atoms with E-state index in [2.05, 4.69) is 20.6 Å². The van der Waals surface area contributed by atoms with Crippen LogP contribution in [0.15, 0.2) is 42.5 Å². The Morgan fingerprint density at radius 1 is 0.970 bits per heavy atom. The van der Waals surface area contributed by atoms with Crippen LogP contribution in [0.1, 0.15) is 15.9 Å². The Hall–Kier alpha value is -3.17. The second kappa shape index (κ2) is 8.99. The van der Waals surface area contributed by atoms with Gasteiger partial charge in [-0.2, -0.15) is 0 Å². The Labute approximate surface area is 199 Å². The van der Waals surface area contributed by atoms with Crippen LogP contribution in [0.4, 0.5) is 4.79 Å². The maximum atomic E-state index is 13.0. The van der Waals surface area contributed by atoms with Gasteiger partial charge in [-0.3, -0.25) is 4.79 Å². The number of ether oxygens (including phenoxy) is 1. The van der Waals surface area contributed by atoms with Crippen LogP contribution >= 0.6 is 23.2 Å². The van der Waals surface area contributed by atoms with Crippen LogP contribution in [0.2, 0.25) is 10.0 Å². The summed E-state index contributed by atoms with van der Waals surface area (Å²) in [7, 11) is 0. The maximum Gasteiger partial charge on any atom is 0.410 e. The largest absolute Gasteiger partial charge is 0.445 e. The van der Waals surface area contributed by atoms with Gasteiger partial charge in [0.05, 0.1) is 0 Å². The molecule has 0 radical (unpaired) electrons. The number of hydrogen-bond donors (Lipinski definition) is 1. The summed E-state index contributed by atoms with van der Waals surface area (Å²) >= 11 is 12.0. The molecule has 33 heavy (non-hydrogen) atoms. The first-order chi connectivity index (χ1) is 16.0. The first-order valence-corrected chi connectivity index (χ1v) is 11.2. The molecular formula is C22H20Cl2N6O3. The van der Waals surface area contributed by atoms with Gasteiger partial charge in [0.1, 0.15) is 6.61 Å². The van der Waals surface area contributed by atoms with E-state index in [1.165, 1.54) is 0 Å². The summed E-state index contributed by atoms with van der Waals surface area (Å²) in [6.45, 7) is 2.48. The summed E-state index contributed by atoms with van der Waals surface area (Å²) in [5.74, 6) is 1.01. The molecule has 2 aliphatic heterocycles. The highest BCUT2D eigenvalue weighted by atomic mass is 35.5. The third-order valence-corrected chi connectivity index (χ3v) is 6.50. The van der Waals surface area contributed by atoms with Gasteiger partial charge in [-0.1, -0.05) is 35.3 Å². The molecule has 1 N–H and O–H groups in total. The second-order valence-corrected chi connectivity index (χ2v) is 9.17. The van der Waals surface area contributed by atoms with Crippen molar-refractivity contribution in [1.82, 2.24) is 30.4 Å². The zero-order chi connectivity index (χ0) is 22.9. The summed E-state index contributed by atoms with van der Waals surface area (Å²) in [5.41, 5.74) is 2.16. The van der Waals surface area contributed by atoms with Gasteiger partial charge in [0.25, 0.3) is 5.91 Å². The van der Waals surface area contributed by atoms with Gasteiger partial charge in [-0.25, -0.2) is 9.89 Å². The smallest absolute Gasteiger partial charge is 0.410 e. The average Bonchev–Trinajstić information content (AvgIpc) is 3.53. The summed E-state index contributed by atoms with van der Waals surface area (Å²) in [6, 6.07) is 12.3. The van der Waals surface area contributed by atoms with E-state index in [-0.39, 0.29) is 30.4 Å². The Morgan fingerprint density at radius 3 is 2.21 bits per heavy atom. The van der Waals surface area contributed by atoms with E-state index < -0.39 is 0 Å². The highest BCUT2D eigenvalue weighted by Crippen LogP contribution is 2.32. The molecule has 0 bridgehead atoms. The molecule has 0 saturated carbocycles. The van der Waals surface area contributed by atoms with Crippen molar-refractivity contribution in [2.75, 3.05) is 26.2 Å². The van der Waals surface area contributed by atoms with Gasteiger partial charge in [0.2, 0.25) is 0 Å². The standard InChI is InChI=1S/C22H20Cl2N6O3/c23-18-5-13(6-19(24)7-18)12-33-22(32)30-10-16-8-29(9-17(16)11-30)21(31)15-3-1-14(2-4-15)20-25-27-28-26-20/h1-7,16-17H,8-12H2,(H,25,26,27,28). The summed E-state index contributed by atoms with van der Waals surface area (Å²) in [5, 5.41) is 14.7. The highest BCUT2D eigenvalue weighted by molar-refractivity contribution is 6.34. The lowest BCUT2D eigenvalue weighted by molar-refractivity contribution is 0.0764. The van der Waals surface area contributed by atoms with Crippen LogP contribution in [0.5, 0.6) is 0 Å². The van der Waals surface area contributed by atoms with Gasteiger partial charge in [-0.15, -0.1) is 5.10 Å². The molecular weight excluding hydrogens is 467 g/mol. The van der Waals surface area contributed by atoms with E-state index in [0.717, 1.165) is 11.1 Å². The van der Waals surface area contributed by atoms with Crippen LogP contribution in [-0.2, 0) is 11.3 Å². The van der Waals surface area contributed by atoms with Gasteiger partial charge < -0.3 is 14.5 Å². The first kappa shape index (κ1) is 21.7. The minimum absolute atomic E-state index is 0.0152. The van der Waals surface area contributed by atoms with Crippen molar-refractivity contribution in [3.63, 3.8) is 0 Å². The van der Waals surface area contributed by atoms with Gasteiger partial charge in [0.15, 0.2) is 5.82 Å². The van der Waals surface area contributed by atoms with E-state index in [1.54, 1.807) is 35.2 Å². The molecule has 9 nitrogen and oxygen atoms in total. The number of nitrogens with zero attached hydrogens (tertiary/aromatic N) is 5. The molecule has 2 aromatic carbocycles. The number of fused-ring (bicyclic) bond motifs is 1. The molecule has 0 aliphatic carbocycles. The molecule has 170 valence electrons. The first-order valence-electron chi connectivity index (χ1n) is 10.5. The third-order valence-electron chi connectivity index (χ3n) is 6.07. The fourth-order valence-electron chi connectivity index (χ4n) is 4.47. The van der Waals surface area contributed by atoms with Crippen LogP contribution in [-0.4, -0.2) is 68.6 Å². The minimum Gasteiger partial charge on any atom is -0.445 e. The van der Waals surface area contributed by atoms with Crippen molar-refractivity contribution in [1.29, 1.82) is 0 Å². The van der Waals surface area contributed by atoms with Gasteiger partial charge in [0, 0.05) is 59.2 Å². The zero-order valence-electron chi connectivity index (χ0n) is 17.4. The van der Waals surface area contributed by atoms with Crippen molar-refractivity contribution in [2.24, 2.45) is 11.8 Å². The molecule has 0 spiro atoms. The molecule has 2 unspecified atom stereocenters. The summed E-state index contributed by atoms with van der Waals surface area (Å²) in [6.07, 6.45) is -0.365. The topological polar surface area (TPSA) is 104 Å². The second-order valence-electron chi connectivity index (χ2n) is 8.29. The fraction of sp³-hybridized carbons (Fsp3) is 0.318. The summed E-state index contributed by atoms with van der Waals surface area (Å²) in [4.78, 5) is 29.1. The van der Waals surface area contributed by atoms with Crippen LogP contribution in [0, 0.1) is 11.8 Å². The SMILES string of the molecule is O=C(OCc1cc(Cl)cc(Cl)c1)N1CC2CN(C(=O)c3ccc(-c4nnn[nH]4)cc3)CC2C1. The molecule has 5 rings (SSSR count). The zero-order valence-corrected chi connectivity index (χ0v) is 19.0. The van der Waals surface area contributed by atoms with Crippen molar-refractivity contribution >= 4 is 35.2 Å². The number of amides is 2. The number of H-pyrrole nitrogens is 1. The predicted molar refractivity (Wildman–Crippen MR) is 121 cm³/mol. The van der Waals surface area contributed by atoms with Gasteiger partial charge >= 0.3 is 6.09 Å². The van der Waals surface area contributed by atoms with Crippen LogP contribution in [0.3, 0.4) is 0 Å². The Bertz CT molecular complexity index is 1140. The quantitative estimate of drug-likeness (QED) is 0.604. The lowest BCUT2D eigenvalue weighted by Gasteiger charge is -2.21. The van der Waals surface area contributed by atoms with E-state index >= 15 is 0 Å². The number of halogens is 2. The molecule has 2 atom stereocenters. The Balaban J connectivity index is 1.14. The van der Waals surface area contributed by atoms with E-state index in [4.69, 9.17) is 27.9 Å². The maximum absolute atomic E-state index is 13.0. The van der Waals surface area contributed by atoms with Crippen molar-refractivity contribution < 1.29 is 14.3 Å². The molecule has 2 fully saturated rings. The number of aromatic nitrogens is 4. The van der Waals surface area contributed by atoms with Crippen LogP contribution in [0.25, 0.3) is 11.4 Å². The van der Waals surface area contributed by atoms with Crippen LogP contribution < -0.4 is 0 Å². The number of rotatable bonds is 4. The molecule has 3 aromatic rings. The Kier molecular flexibility index (Phi) is 5.90. The van der Waals surface area contributed by atoms with E-state index in [0.29, 0.717) is 47.6 Å². The lowest BCUT2D eigenvalue weighted by atomic mass is 10.0. The summed E-state index contributed by atoms with van der Waals surface area (Å²) < 4.78 is 5.45. The molecule has 3 heterocycles. The van der Waals surface area contributed by atoms with Crippen molar-refractivity contribution in [2.45, 2.75) is 6.61 Å². The van der Waals surface area contributed by atoms with E-state index in [9.17, 15) is 9.59 Å². The molecule has 2 aliphatic rings. The lowest BCUT2D eigenvalue weighted by Crippen LogP contribution is -2.35. The number of tetrazole rings is 1. The number of carbonyl (C=O) groups is 2. The molecule has 11 heteroatoms. The normalized spacial score (nSPS) is 19.6. The molecule has 1 aromatic heterocycles. The van der Waals surface area contributed by atoms with E-state index in [1.807, 2.05) is 17.0 Å². The monoisotopic (exact) mass is 486 g/mol. The number of aromatic amines is 1. The number of likely N-dealkylation sites (tertiary alicyclic amines) is 2. The average molecular weight is 487 g/mol.